The molecule has 19 heavy (non-hydrogen) atoms. The minimum Gasteiger partial charge on any atom is -0.399 e. The van der Waals surface area contributed by atoms with Gasteiger partial charge in [-0.25, -0.2) is 0 Å². The minimum absolute atomic E-state index is 0.531. The van der Waals surface area contributed by atoms with Crippen LogP contribution in [0.1, 0.15) is 5.56 Å². The van der Waals surface area contributed by atoms with E-state index < -0.39 is 0 Å². The summed E-state index contributed by atoms with van der Waals surface area (Å²) in [6.45, 7) is 4.24. The van der Waals surface area contributed by atoms with Crippen molar-refractivity contribution in [3.05, 3.63) is 60.8 Å². The SMILES string of the molecule is C=CNc1ccccc1-c1ccc(N)cc1COC. The number of nitrogens with one attached hydrogen (secondary N) is 1. The van der Waals surface area contributed by atoms with Gasteiger partial charge < -0.3 is 15.8 Å². The van der Waals surface area contributed by atoms with Gasteiger partial charge in [0.25, 0.3) is 0 Å². The monoisotopic (exact) mass is 254 g/mol. The second-order valence-corrected chi connectivity index (χ2v) is 4.24. The third kappa shape index (κ3) is 2.95. The van der Waals surface area contributed by atoms with Crippen molar-refractivity contribution in [2.75, 3.05) is 18.2 Å². The van der Waals surface area contributed by atoms with E-state index in [1.807, 2.05) is 36.4 Å². The summed E-state index contributed by atoms with van der Waals surface area (Å²) in [5.41, 5.74) is 10.9. The van der Waals surface area contributed by atoms with E-state index in [-0.39, 0.29) is 0 Å². The first-order valence-corrected chi connectivity index (χ1v) is 6.10. The number of hydrogen-bond acceptors (Lipinski definition) is 3. The first-order valence-electron chi connectivity index (χ1n) is 6.10. The van der Waals surface area contributed by atoms with E-state index >= 15 is 0 Å². The van der Waals surface area contributed by atoms with Gasteiger partial charge in [-0.1, -0.05) is 30.8 Å². The van der Waals surface area contributed by atoms with Crippen LogP contribution in [-0.2, 0) is 11.3 Å². The van der Waals surface area contributed by atoms with Crippen LogP contribution in [0.2, 0.25) is 0 Å². The zero-order valence-electron chi connectivity index (χ0n) is 11.0. The fraction of sp³-hybridized carbons (Fsp3) is 0.125. The molecule has 0 saturated heterocycles. The van der Waals surface area contributed by atoms with Crippen molar-refractivity contribution in [2.45, 2.75) is 6.61 Å². The molecule has 3 heteroatoms. The molecule has 0 radical (unpaired) electrons. The summed E-state index contributed by atoms with van der Waals surface area (Å²) in [5.74, 6) is 0. The van der Waals surface area contributed by atoms with Gasteiger partial charge in [0, 0.05) is 24.0 Å². The quantitative estimate of drug-likeness (QED) is 0.801. The highest BCUT2D eigenvalue weighted by molar-refractivity contribution is 5.81. The van der Waals surface area contributed by atoms with Crippen molar-refractivity contribution in [3.63, 3.8) is 0 Å². The van der Waals surface area contributed by atoms with E-state index in [1.54, 1.807) is 13.3 Å². The fourth-order valence-corrected chi connectivity index (χ4v) is 2.11. The predicted molar refractivity (Wildman–Crippen MR) is 80.8 cm³/mol. The third-order valence-electron chi connectivity index (χ3n) is 2.90. The fourth-order valence-electron chi connectivity index (χ4n) is 2.11. The Morgan fingerprint density at radius 3 is 2.74 bits per heavy atom. The lowest BCUT2D eigenvalue weighted by molar-refractivity contribution is 0.185. The molecule has 0 amide bonds. The molecule has 0 aliphatic carbocycles. The minimum atomic E-state index is 0.531. The number of anilines is 2. The smallest absolute Gasteiger partial charge is 0.0719 e. The largest absolute Gasteiger partial charge is 0.399 e. The number of methoxy groups -OCH3 is 1. The van der Waals surface area contributed by atoms with Gasteiger partial charge in [-0.2, -0.15) is 0 Å². The Hall–Kier alpha value is -2.26. The average Bonchev–Trinajstić information content (AvgIpc) is 2.41. The van der Waals surface area contributed by atoms with Gasteiger partial charge >= 0.3 is 0 Å². The number of para-hydroxylation sites is 1. The molecular formula is C16H18N2O. The van der Waals surface area contributed by atoms with Gasteiger partial charge in [0.05, 0.1) is 6.61 Å². The van der Waals surface area contributed by atoms with Crippen molar-refractivity contribution in [2.24, 2.45) is 0 Å². The van der Waals surface area contributed by atoms with Crippen LogP contribution < -0.4 is 11.1 Å². The number of rotatable bonds is 5. The maximum absolute atomic E-state index is 5.85. The zero-order chi connectivity index (χ0) is 13.7. The van der Waals surface area contributed by atoms with Crippen LogP contribution in [0.4, 0.5) is 11.4 Å². The molecule has 0 bridgehead atoms. The van der Waals surface area contributed by atoms with Crippen LogP contribution in [0.15, 0.2) is 55.2 Å². The molecular weight excluding hydrogens is 236 g/mol. The highest BCUT2D eigenvalue weighted by atomic mass is 16.5. The Balaban J connectivity index is 2.54. The van der Waals surface area contributed by atoms with Crippen LogP contribution in [0.3, 0.4) is 0 Å². The normalized spacial score (nSPS) is 10.2. The van der Waals surface area contributed by atoms with Crippen LogP contribution in [0.5, 0.6) is 0 Å². The predicted octanol–water partition coefficient (Wildman–Crippen LogP) is 3.64. The molecule has 0 aliphatic heterocycles. The molecule has 2 rings (SSSR count). The third-order valence-corrected chi connectivity index (χ3v) is 2.90. The highest BCUT2D eigenvalue weighted by Crippen LogP contribution is 2.32. The summed E-state index contributed by atoms with van der Waals surface area (Å²) in [6.07, 6.45) is 1.67. The molecule has 98 valence electrons. The number of nitrogens with two attached hydrogens (primary N) is 1. The number of ether oxygens (including phenoxy) is 1. The van der Waals surface area contributed by atoms with Crippen LogP contribution in [-0.4, -0.2) is 7.11 Å². The molecule has 0 saturated carbocycles. The molecule has 0 spiro atoms. The summed E-state index contributed by atoms with van der Waals surface area (Å²) in [6, 6.07) is 14.0. The topological polar surface area (TPSA) is 47.3 Å². The summed E-state index contributed by atoms with van der Waals surface area (Å²) in [4.78, 5) is 0. The van der Waals surface area contributed by atoms with E-state index in [0.29, 0.717) is 6.61 Å². The molecule has 3 nitrogen and oxygen atoms in total. The van der Waals surface area contributed by atoms with Crippen molar-refractivity contribution in [1.82, 2.24) is 0 Å². The van der Waals surface area contributed by atoms with Gasteiger partial charge in [0.1, 0.15) is 0 Å². The van der Waals surface area contributed by atoms with Crippen LogP contribution >= 0.6 is 0 Å². The van der Waals surface area contributed by atoms with E-state index in [0.717, 1.165) is 28.1 Å². The highest BCUT2D eigenvalue weighted by Gasteiger charge is 2.09. The Morgan fingerprint density at radius 1 is 1.21 bits per heavy atom. The van der Waals surface area contributed by atoms with Crippen molar-refractivity contribution < 1.29 is 4.74 Å². The lowest BCUT2D eigenvalue weighted by Crippen LogP contribution is -1.97. The van der Waals surface area contributed by atoms with Crippen LogP contribution in [0, 0.1) is 0 Å². The Bertz CT molecular complexity index is 579. The lowest BCUT2D eigenvalue weighted by Gasteiger charge is -2.14. The number of nitrogen functional groups attached to an aromatic ring is 1. The summed E-state index contributed by atoms with van der Waals surface area (Å²) < 4.78 is 5.25. The maximum Gasteiger partial charge on any atom is 0.0719 e. The number of benzene rings is 2. The molecule has 0 unspecified atom stereocenters. The molecule has 3 N–H and O–H groups in total. The van der Waals surface area contributed by atoms with Crippen molar-refractivity contribution >= 4 is 11.4 Å². The molecule has 0 aliphatic rings. The van der Waals surface area contributed by atoms with Gasteiger partial charge in [-0.05, 0) is 35.5 Å². The maximum atomic E-state index is 5.85. The first-order chi connectivity index (χ1) is 9.26. The van der Waals surface area contributed by atoms with Crippen molar-refractivity contribution in [3.8, 4) is 11.1 Å². The second kappa shape index (κ2) is 6.07. The molecule has 0 heterocycles. The molecule has 2 aromatic carbocycles. The average molecular weight is 254 g/mol. The first kappa shape index (κ1) is 13.2. The Labute approximate surface area is 113 Å². The Kier molecular flexibility index (Phi) is 4.21. The number of hydrogen-bond donors (Lipinski definition) is 2. The zero-order valence-corrected chi connectivity index (χ0v) is 11.0. The van der Waals surface area contributed by atoms with Gasteiger partial charge in [-0.15, -0.1) is 0 Å². The molecule has 2 aromatic rings. The van der Waals surface area contributed by atoms with Gasteiger partial charge in [0.15, 0.2) is 0 Å². The summed E-state index contributed by atoms with van der Waals surface area (Å²) >= 11 is 0. The van der Waals surface area contributed by atoms with Crippen molar-refractivity contribution in [1.29, 1.82) is 0 Å². The van der Waals surface area contributed by atoms with E-state index in [1.165, 1.54) is 0 Å². The van der Waals surface area contributed by atoms with Crippen LogP contribution in [0.25, 0.3) is 11.1 Å². The van der Waals surface area contributed by atoms with Gasteiger partial charge in [-0.3, -0.25) is 0 Å². The summed E-state index contributed by atoms with van der Waals surface area (Å²) in [7, 11) is 1.68. The van der Waals surface area contributed by atoms with E-state index in [4.69, 9.17) is 10.5 Å². The van der Waals surface area contributed by atoms with E-state index in [9.17, 15) is 0 Å². The Morgan fingerprint density at radius 2 is 2.00 bits per heavy atom. The molecule has 0 fully saturated rings. The molecule has 0 aromatic heterocycles. The second-order valence-electron chi connectivity index (χ2n) is 4.24. The van der Waals surface area contributed by atoms with E-state index in [2.05, 4.69) is 18.0 Å². The summed E-state index contributed by atoms with van der Waals surface area (Å²) in [5, 5.41) is 3.15. The standard InChI is InChI=1S/C16H18N2O/c1-3-18-16-7-5-4-6-15(16)14-9-8-13(17)10-12(14)11-19-2/h3-10,18H,1,11,17H2,2H3. The lowest BCUT2D eigenvalue weighted by atomic mass is 9.98. The molecule has 0 atom stereocenters. The van der Waals surface area contributed by atoms with Gasteiger partial charge in [0.2, 0.25) is 0 Å².